The quantitative estimate of drug-likeness (QED) is 0.505. The van der Waals surface area contributed by atoms with E-state index in [0.717, 1.165) is 30.8 Å². The summed E-state index contributed by atoms with van der Waals surface area (Å²) in [5, 5.41) is 0.183. The number of hydrogen-bond acceptors (Lipinski definition) is 2. The highest BCUT2D eigenvalue weighted by Gasteiger charge is 2.45. The zero-order chi connectivity index (χ0) is 17.1. The molecule has 0 aromatic rings. The molecule has 0 aromatic carbocycles. The van der Waals surface area contributed by atoms with Crippen LogP contribution in [0.15, 0.2) is 23.8 Å². The molecule has 1 fully saturated rings. The normalized spacial score (nSPS) is 27.5. The second kappa shape index (κ2) is 6.94. The van der Waals surface area contributed by atoms with Gasteiger partial charge in [-0.15, -0.1) is 11.8 Å². The number of thioether (sulfide) groups is 1. The third-order valence-corrected chi connectivity index (χ3v) is 10.2. The van der Waals surface area contributed by atoms with Crippen molar-refractivity contribution in [1.82, 2.24) is 0 Å². The van der Waals surface area contributed by atoms with Gasteiger partial charge >= 0.3 is 0 Å². The van der Waals surface area contributed by atoms with Crippen molar-refractivity contribution in [3.8, 4) is 23.7 Å². The molecular formula is C20H28OSSi. The predicted octanol–water partition coefficient (Wildman–Crippen LogP) is 5.17. The molecule has 124 valence electrons. The SMILES string of the molecule is C=C1CCC2(O[Si](C)(C)C(C)(C)C)C#CCSCC#C/C=C/1C2. The van der Waals surface area contributed by atoms with Crippen LogP contribution in [0.5, 0.6) is 0 Å². The van der Waals surface area contributed by atoms with Crippen molar-refractivity contribution in [3.63, 3.8) is 0 Å². The smallest absolute Gasteiger partial charge is 0.194 e. The Morgan fingerprint density at radius 1 is 1.26 bits per heavy atom. The van der Waals surface area contributed by atoms with Crippen LogP contribution in [0.4, 0.5) is 0 Å². The van der Waals surface area contributed by atoms with Crippen LogP contribution in [0.2, 0.25) is 18.1 Å². The third kappa shape index (κ3) is 4.57. The predicted molar refractivity (Wildman–Crippen MR) is 105 cm³/mol. The molecule has 1 atom stereocenters. The van der Waals surface area contributed by atoms with Crippen molar-refractivity contribution in [2.75, 3.05) is 11.5 Å². The maximum Gasteiger partial charge on any atom is 0.194 e. The van der Waals surface area contributed by atoms with Gasteiger partial charge in [0.05, 0.1) is 11.5 Å². The lowest BCUT2D eigenvalue weighted by molar-refractivity contribution is 0.0964. The highest BCUT2D eigenvalue weighted by molar-refractivity contribution is 7.99. The van der Waals surface area contributed by atoms with E-state index in [1.54, 1.807) is 11.8 Å². The average Bonchev–Trinajstić information content (AvgIpc) is 2.46. The van der Waals surface area contributed by atoms with Crippen LogP contribution >= 0.6 is 11.8 Å². The van der Waals surface area contributed by atoms with Gasteiger partial charge in [-0.2, -0.15) is 0 Å². The summed E-state index contributed by atoms with van der Waals surface area (Å²) >= 11 is 1.77. The van der Waals surface area contributed by atoms with Crippen LogP contribution in [0.3, 0.4) is 0 Å². The topological polar surface area (TPSA) is 9.23 Å². The lowest BCUT2D eigenvalue weighted by atomic mass is 9.79. The molecule has 1 heterocycles. The Bertz CT molecular complexity index is 631. The monoisotopic (exact) mass is 344 g/mol. The van der Waals surface area contributed by atoms with E-state index in [-0.39, 0.29) is 10.6 Å². The van der Waals surface area contributed by atoms with Gasteiger partial charge in [-0.25, -0.2) is 0 Å². The summed E-state index contributed by atoms with van der Waals surface area (Å²) in [5.74, 6) is 14.9. The van der Waals surface area contributed by atoms with E-state index in [0.29, 0.717) is 0 Å². The van der Waals surface area contributed by atoms with Crippen LogP contribution < -0.4 is 0 Å². The first-order valence-corrected chi connectivity index (χ1v) is 12.4. The van der Waals surface area contributed by atoms with Crippen LogP contribution in [-0.2, 0) is 4.43 Å². The van der Waals surface area contributed by atoms with E-state index in [2.05, 4.69) is 64.1 Å². The molecule has 1 aliphatic heterocycles. The van der Waals surface area contributed by atoms with Crippen LogP contribution in [0.25, 0.3) is 0 Å². The van der Waals surface area contributed by atoms with Crippen molar-refractivity contribution in [2.45, 2.75) is 63.8 Å². The van der Waals surface area contributed by atoms with Crippen LogP contribution in [0, 0.1) is 23.7 Å². The zero-order valence-corrected chi connectivity index (χ0v) is 17.0. The Kier molecular flexibility index (Phi) is 5.57. The van der Waals surface area contributed by atoms with Crippen molar-refractivity contribution in [1.29, 1.82) is 0 Å². The number of hydrogen-bond donors (Lipinski definition) is 0. The standard InChI is InChI=1S/C20H28OSSi/c1-17-11-13-20(21-23(5,6)19(2,3)4)12-9-15-22-14-8-7-10-18(17)16-20/h10H,1,11,13-16H2,2-6H3/b18-10+. The van der Waals surface area contributed by atoms with Crippen molar-refractivity contribution in [3.05, 3.63) is 23.8 Å². The summed E-state index contributed by atoms with van der Waals surface area (Å²) in [5.41, 5.74) is 2.06. The van der Waals surface area contributed by atoms with Gasteiger partial charge < -0.3 is 4.43 Å². The molecule has 2 rings (SSSR count). The highest BCUT2D eigenvalue weighted by Crippen LogP contribution is 2.44. The first-order valence-electron chi connectivity index (χ1n) is 8.29. The number of allylic oxidation sites excluding steroid dienone is 2. The van der Waals surface area contributed by atoms with Gasteiger partial charge in [0.25, 0.3) is 0 Å². The summed E-state index contributed by atoms with van der Waals surface area (Å²) in [6, 6.07) is 0. The van der Waals surface area contributed by atoms with E-state index in [9.17, 15) is 0 Å². The number of fused-ring (bicyclic) bond motifs is 2. The summed E-state index contributed by atoms with van der Waals surface area (Å²) in [4.78, 5) is 0. The Morgan fingerprint density at radius 2 is 1.96 bits per heavy atom. The lowest BCUT2D eigenvalue weighted by Crippen LogP contribution is -2.50. The molecule has 0 aromatic heterocycles. The van der Waals surface area contributed by atoms with E-state index < -0.39 is 8.32 Å². The fraction of sp³-hybridized carbons (Fsp3) is 0.600. The van der Waals surface area contributed by atoms with Gasteiger partial charge in [0.15, 0.2) is 8.32 Å². The van der Waals surface area contributed by atoms with E-state index >= 15 is 0 Å². The molecule has 0 saturated heterocycles. The van der Waals surface area contributed by atoms with Gasteiger partial charge in [-0.3, -0.25) is 0 Å². The Morgan fingerprint density at radius 3 is 2.65 bits per heavy atom. The Balaban J connectivity index is 2.40. The number of rotatable bonds is 2. The van der Waals surface area contributed by atoms with Gasteiger partial charge in [0.2, 0.25) is 0 Å². The molecule has 0 amide bonds. The van der Waals surface area contributed by atoms with E-state index in [4.69, 9.17) is 4.43 Å². The molecule has 0 radical (unpaired) electrons. The average molecular weight is 345 g/mol. The van der Waals surface area contributed by atoms with Crippen molar-refractivity contribution in [2.24, 2.45) is 0 Å². The third-order valence-electron chi connectivity index (χ3n) is 5.03. The largest absolute Gasteiger partial charge is 0.400 e. The maximum atomic E-state index is 6.85. The van der Waals surface area contributed by atoms with Gasteiger partial charge in [-0.1, -0.05) is 56.6 Å². The zero-order valence-electron chi connectivity index (χ0n) is 15.1. The fourth-order valence-electron chi connectivity index (χ4n) is 2.58. The highest BCUT2D eigenvalue weighted by atomic mass is 32.2. The second-order valence-corrected chi connectivity index (χ2v) is 13.6. The molecule has 1 saturated carbocycles. The molecule has 3 heteroatoms. The Hall–Kier alpha value is -0.873. The molecule has 1 aliphatic carbocycles. The summed E-state index contributed by atoms with van der Waals surface area (Å²) < 4.78 is 6.85. The van der Waals surface area contributed by atoms with Gasteiger partial charge in [-0.05, 0) is 42.6 Å². The first kappa shape index (κ1) is 18.5. The molecule has 1 unspecified atom stereocenters. The minimum Gasteiger partial charge on any atom is -0.400 e. The summed E-state index contributed by atoms with van der Waals surface area (Å²) in [7, 11) is -1.89. The fourth-order valence-corrected chi connectivity index (χ4v) is 4.55. The first-order chi connectivity index (χ1) is 10.7. The molecule has 0 spiro atoms. The minimum atomic E-state index is -1.89. The molecular weight excluding hydrogens is 316 g/mol. The molecule has 0 N–H and O–H groups in total. The van der Waals surface area contributed by atoms with Gasteiger partial charge in [0, 0.05) is 6.42 Å². The lowest BCUT2D eigenvalue weighted by Gasteiger charge is -2.45. The molecule has 2 aliphatic rings. The van der Waals surface area contributed by atoms with Crippen LogP contribution in [0.1, 0.15) is 40.0 Å². The van der Waals surface area contributed by atoms with Crippen molar-refractivity contribution >= 4 is 20.1 Å². The second-order valence-electron chi connectivity index (χ2n) is 7.92. The van der Waals surface area contributed by atoms with Crippen LogP contribution in [-0.4, -0.2) is 25.4 Å². The molecule has 1 nitrogen and oxygen atoms in total. The summed E-state index contributed by atoms with van der Waals surface area (Å²) in [6.45, 7) is 15.7. The van der Waals surface area contributed by atoms with Gasteiger partial charge in [0.1, 0.15) is 5.60 Å². The van der Waals surface area contributed by atoms with E-state index in [1.807, 2.05) is 6.08 Å². The van der Waals surface area contributed by atoms with Crippen molar-refractivity contribution < 1.29 is 4.43 Å². The molecule has 23 heavy (non-hydrogen) atoms. The molecule has 2 bridgehead atoms. The Labute approximate surface area is 147 Å². The van der Waals surface area contributed by atoms with E-state index in [1.165, 1.54) is 11.1 Å². The summed E-state index contributed by atoms with van der Waals surface area (Å²) in [6.07, 6.45) is 4.76. The minimum absolute atomic E-state index is 0.183. The maximum absolute atomic E-state index is 6.85.